The molecule has 1 aromatic rings. The molecule has 68 valence electrons. The fourth-order valence-corrected chi connectivity index (χ4v) is 1.18. The first-order valence-electron chi connectivity index (χ1n) is 3.69. The molecule has 0 amide bonds. The molecule has 0 aliphatic carbocycles. The Kier molecular flexibility index (Phi) is 4.11. The Morgan fingerprint density at radius 2 is 2.08 bits per heavy atom. The van der Waals surface area contributed by atoms with E-state index in [0.717, 1.165) is 5.56 Å². The van der Waals surface area contributed by atoms with E-state index in [1.165, 1.54) is 0 Å². The number of ether oxygens (including phenoxy) is 1. The van der Waals surface area contributed by atoms with Crippen LogP contribution in [0.15, 0.2) is 18.2 Å². The van der Waals surface area contributed by atoms with Crippen LogP contribution in [-0.2, 0) is 11.3 Å². The van der Waals surface area contributed by atoms with Crippen LogP contribution >= 0.6 is 23.2 Å². The molecule has 0 atom stereocenters. The molecule has 0 saturated carbocycles. The molecule has 0 heterocycles. The van der Waals surface area contributed by atoms with Gasteiger partial charge < -0.3 is 4.74 Å². The van der Waals surface area contributed by atoms with Gasteiger partial charge in [0.05, 0.1) is 16.7 Å². The molecule has 0 saturated heterocycles. The average Bonchev–Trinajstić information content (AvgIpc) is 2.12. The van der Waals surface area contributed by atoms with Crippen molar-refractivity contribution < 1.29 is 4.74 Å². The van der Waals surface area contributed by atoms with Crippen molar-refractivity contribution in [3.8, 4) is 12.3 Å². The fraction of sp³-hybridized carbons (Fsp3) is 0.200. The van der Waals surface area contributed by atoms with E-state index in [0.29, 0.717) is 23.3 Å². The Labute approximate surface area is 87.6 Å². The van der Waals surface area contributed by atoms with Crippen molar-refractivity contribution in [2.75, 3.05) is 6.61 Å². The van der Waals surface area contributed by atoms with E-state index >= 15 is 0 Å². The molecule has 1 rings (SSSR count). The lowest BCUT2D eigenvalue weighted by molar-refractivity contribution is 0.153. The first-order valence-corrected chi connectivity index (χ1v) is 4.45. The van der Waals surface area contributed by atoms with E-state index < -0.39 is 0 Å². The highest BCUT2D eigenvalue weighted by atomic mass is 35.5. The van der Waals surface area contributed by atoms with Crippen molar-refractivity contribution in [1.29, 1.82) is 0 Å². The van der Waals surface area contributed by atoms with Crippen LogP contribution in [0.1, 0.15) is 5.56 Å². The third-order valence-corrected chi connectivity index (χ3v) is 2.18. The van der Waals surface area contributed by atoms with E-state index in [2.05, 4.69) is 5.92 Å². The molecule has 0 aliphatic rings. The van der Waals surface area contributed by atoms with Gasteiger partial charge in [-0.1, -0.05) is 35.2 Å². The summed E-state index contributed by atoms with van der Waals surface area (Å²) in [6, 6.07) is 5.35. The number of halogens is 2. The zero-order valence-electron chi connectivity index (χ0n) is 6.89. The van der Waals surface area contributed by atoms with Gasteiger partial charge in [-0.05, 0) is 17.7 Å². The van der Waals surface area contributed by atoms with Gasteiger partial charge in [-0.2, -0.15) is 0 Å². The largest absolute Gasteiger partial charge is 0.364 e. The normalized spacial score (nSPS) is 9.62. The molecule has 0 N–H and O–H groups in total. The summed E-state index contributed by atoms with van der Waals surface area (Å²) < 4.78 is 5.13. The first kappa shape index (κ1) is 10.4. The van der Waals surface area contributed by atoms with E-state index in [9.17, 15) is 0 Å². The predicted octanol–water partition coefficient (Wildman–Crippen LogP) is 3.14. The molecule has 13 heavy (non-hydrogen) atoms. The standard InChI is InChI=1S/C10H8Cl2O/c1-2-5-13-7-8-3-4-9(11)10(12)6-8/h1,3-4,6H,5,7H2. The summed E-state index contributed by atoms with van der Waals surface area (Å²) in [5.41, 5.74) is 0.963. The van der Waals surface area contributed by atoms with Crippen LogP contribution in [0.4, 0.5) is 0 Å². The molecular formula is C10H8Cl2O. The zero-order chi connectivity index (χ0) is 9.68. The molecule has 1 nitrogen and oxygen atoms in total. The Morgan fingerprint density at radius 3 is 2.69 bits per heavy atom. The van der Waals surface area contributed by atoms with Crippen molar-refractivity contribution in [2.24, 2.45) is 0 Å². The highest BCUT2D eigenvalue weighted by molar-refractivity contribution is 6.41. The van der Waals surface area contributed by atoms with E-state index in [-0.39, 0.29) is 0 Å². The Morgan fingerprint density at radius 1 is 1.31 bits per heavy atom. The summed E-state index contributed by atoms with van der Waals surface area (Å²) in [4.78, 5) is 0. The van der Waals surface area contributed by atoms with Gasteiger partial charge in [0.25, 0.3) is 0 Å². The molecule has 0 aliphatic heterocycles. The average molecular weight is 215 g/mol. The maximum atomic E-state index is 5.80. The summed E-state index contributed by atoms with van der Waals surface area (Å²) in [6.07, 6.45) is 5.02. The quantitative estimate of drug-likeness (QED) is 0.555. The van der Waals surface area contributed by atoms with E-state index in [1.807, 2.05) is 6.07 Å². The van der Waals surface area contributed by atoms with Crippen LogP contribution in [0.25, 0.3) is 0 Å². The lowest BCUT2D eigenvalue weighted by Crippen LogP contribution is -1.92. The van der Waals surface area contributed by atoms with Crippen molar-refractivity contribution in [3.05, 3.63) is 33.8 Å². The fourth-order valence-electron chi connectivity index (χ4n) is 0.857. The second-order valence-corrected chi connectivity index (χ2v) is 3.26. The topological polar surface area (TPSA) is 9.23 Å². The van der Waals surface area contributed by atoms with Crippen molar-refractivity contribution in [3.63, 3.8) is 0 Å². The molecule has 3 heteroatoms. The molecule has 0 radical (unpaired) electrons. The van der Waals surface area contributed by atoms with Gasteiger partial charge in [-0.3, -0.25) is 0 Å². The zero-order valence-corrected chi connectivity index (χ0v) is 8.40. The Hall–Kier alpha value is -0.680. The monoisotopic (exact) mass is 214 g/mol. The minimum atomic E-state index is 0.306. The minimum Gasteiger partial charge on any atom is -0.364 e. The van der Waals surface area contributed by atoms with Gasteiger partial charge in [0.1, 0.15) is 6.61 Å². The van der Waals surface area contributed by atoms with E-state index in [1.54, 1.807) is 12.1 Å². The molecule has 0 fully saturated rings. The maximum Gasteiger partial charge on any atom is 0.107 e. The van der Waals surface area contributed by atoms with Crippen LogP contribution in [0.2, 0.25) is 10.0 Å². The van der Waals surface area contributed by atoms with Gasteiger partial charge >= 0.3 is 0 Å². The summed E-state index contributed by atoms with van der Waals surface area (Å²) >= 11 is 11.5. The molecular weight excluding hydrogens is 207 g/mol. The minimum absolute atomic E-state index is 0.306. The third-order valence-electron chi connectivity index (χ3n) is 1.44. The van der Waals surface area contributed by atoms with Gasteiger partial charge in [0.15, 0.2) is 0 Å². The number of terminal acetylenes is 1. The molecule has 0 bridgehead atoms. The van der Waals surface area contributed by atoms with Crippen LogP contribution in [0.3, 0.4) is 0 Å². The SMILES string of the molecule is C#CCOCc1ccc(Cl)c(Cl)c1. The van der Waals surface area contributed by atoms with Crippen molar-refractivity contribution in [1.82, 2.24) is 0 Å². The Balaban J connectivity index is 2.59. The van der Waals surface area contributed by atoms with Gasteiger partial charge in [-0.15, -0.1) is 6.42 Å². The van der Waals surface area contributed by atoms with Crippen LogP contribution in [0.5, 0.6) is 0 Å². The summed E-state index contributed by atoms with van der Waals surface area (Å²) in [7, 11) is 0. The highest BCUT2D eigenvalue weighted by Crippen LogP contribution is 2.22. The van der Waals surface area contributed by atoms with Crippen LogP contribution in [0, 0.1) is 12.3 Å². The van der Waals surface area contributed by atoms with Crippen LogP contribution in [-0.4, -0.2) is 6.61 Å². The molecule has 1 aromatic carbocycles. The second-order valence-electron chi connectivity index (χ2n) is 2.45. The van der Waals surface area contributed by atoms with Crippen LogP contribution < -0.4 is 0 Å². The lowest BCUT2D eigenvalue weighted by Gasteiger charge is -2.02. The van der Waals surface area contributed by atoms with Gasteiger partial charge in [0, 0.05) is 0 Å². The van der Waals surface area contributed by atoms with Crippen molar-refractivity contribution in [2.45, 2.75) is 6.61 Å². The highest BCUT2D eigenvalue weighted by Gasteiger charge is 1.98. The second kappa shape index (κ2) is 5.14. The summed E-state index contributed by atoms with van der Waals surface area (Å²) in [5, 5.41) is 1.07. The number of benzene rings is 1. The molecule has 0 unspecified atom stereocenters. The Bertz CT molecular complexity index is 328. The lowest BCUT2D eigenvalue weighted by atomic mass is 10.2. The summed E-state index contributed by atoms with van der Waals surface area (Å²) in [5.74, 6) is 2.38. The number of hydrogen-bond donors (Lipinski definition) is 0. The summed E-state index contributed by atoms with van der Waals surface area (Å²) in [6.45, 7) is 0.765. The third kappa shape index (κ3) is 3.28. The number of rotatable bonds is 3. The maximum absolute atomic E-state index is 5.80. The first-order chi connectivity index (χ1) is 6.24. The molecule has 0 spiro atoms. The van der Waals surface area contributed by atoms with E-state index in [4.69, 9.17) is 34.4 Å². The number of hydrogen-bond acceptors (Lipinski definition) is 1. The van der Waals surface area contributed by atoms with Gasteiger partial charge in [-0.25, -0.2) is 0 Å². The predicted molar refractivity (Wildman–Crippen MR) is 55.0 cm³/mol. The van der Waals surface area contributed by atoms with Crippen molar-refractivity contribution >= 4 is 23.2 Å². The smallest absolute Gasteiger partial charge is 0.107 e. The van der Waals surface area contributed by atoms with Gasteiger partial charge in [0.2, 0.25) is 0 Å². The molecule has 0 aromatic heterocycles.